The lowest BCUT2D eigenvalue weighted by atomic mass is 10.5. The maximum atomic E-state index is 11.2. The van der Waals surface area contributed by atoms with Crippen molar-refractivity contribution in [3.63, 3.8) is 0 Å². The highest BCUT2D eigenvalue weighted by molar-refractivity contribution is 6.89. The van der Waals surface area contributed by atoms with Gasteiger partial charge in [-0.2, -0.15) is 0 Å². The molecule has 0 amide bonds. The zero-order valence-electron chi connectivity index (χ0n) is 16.9. The van der Waals surface area contributed by atoms with Crippen molar-refractivity contribution in [2.45, 2.75) is 101 Å². The fourth-order valence-corrected chi connectivity index (χ4v) is 20.6. The molecule has 5 nitrogen and oxygen atoms in total. The summed E-state index contributed by atoms with van der Waals surface area (Å²) in [4.78, 5) is 11.2. The van der Waals surface area contributed by atoms with Gasteiger partial charge in [0.05, 0.1) is 6.61 Å². The molecule has 0 aliphatic carbocycles. The summed E-state index contributed by atoms with van der Waals surface area (Å²) in [5.74, 6) is -0.387. The minimum Gasteiger partial charge on any atom is -0.463 e. The minimum atomic E-state index is -2.40. The van der Waals surface area contributed by atoms with E-state index in [1.165, 1.54) is 6.08 Å². The lowest BCUT2D eigenvalue weighted by Gasteiger charge is -2.41. The smallest absolute Gasteiger partial charge is 0.330 e. The van der Waals surface area contributed by atoms with Gasteiger partial charge in [0.25, 0.3) is 0 Å². The van der Waals surface area contributed by atoms with Crippen molar-refractivity contribution in [3.8, 4) is 0 Å². The first-order chi connectivity index (χ1) is 10.6. The van der Waals surface area contributed by atoms with Gasteiger partial charge in [-0.25, -0.2) is 4.79 Å². The summed E-state index contributed by atoms with van der Waals surface area (Å²) in [6, 6.07) is 0.785. The summed E-state index contributed by atoms with van der Waals surface area (Å²) < 4.78 is 24.4. The normalized spacial score (nSPS) is 13.5. The molecule has 0 aromatic rings. The molecule has 0 fully saturated rings. The number of hydrogen-bond acceptors (Lipinski definition) is 5. The molecule has 0 heterocycles. The fourth-order valence-electron chi connectivity index (χ4n) is 2.67. The summed E-state index contributed by atoms with van der Waals surface area (Å²) in [6.07, 6.45) is 1.91. The molecule has 1 unspecified atom stereocenters. The molecule has 0 aliphatic heterocycles. The van der Waals surface area contributed by atoms with Crippen LogP contribution in [0, 0.1) is 0 Å². The van der Waals surface area contributed by atoms with E-state index in [0.29, 0.717) is 6.61 Å². The van der Waals surface area contributed by atoms with Crippen molar-refractivity contribution in [2.75, 3.05) is 6.61 Å². The largest absolute Gasteiger partial charge is 0.463 e. The zero-order valence-corrected chi connectivity index (χ0v) is 20.9. The van der Waals surface area contributed by atoms with Gasteiger partial charge >= 0.3 is 23.1 Å². The number of carbonyl (C=O) groups excluding carboxylic acids is 1. The molecule has 0 aromatic heterocycles. The van der Waals surface area contributed by atoms with Crippen LogP contribution in [0.3, 0.4) is 0 Å². The number of carbonyl (C=O) groups is 1. The predicted octanol–water partition coefficient (Wildman–Crippen LogP) is 7.14. The Hall–Kier alpha value is -0.0425. The van der Waals surface area contributed by atoms with Gasteiger partial charge in [-0.15, -0.1) is 0 Å². The van der Waals surface area contributed by atoms with Crippen LogP contribution in [0.15, 0.2) is 12.7 Å². The lowest BCUT2D eigenvalue weighted by molar-refractivity contribution is -0.137. The Kier molecular flexibility index (Phi) is 20.5. The van der Waals surface area contributed by atoms with Gasteiger partial charge in [-0.3, -0.25) is 0 Å². The Labute approximate surface area is 182 Å². The van der Waals surface area contributed by atoms with Gasteiger partial charge in [0.2, 0.25) is 0 Å². The Morgan fingerprint density at radius 1 is 0.786 bits per heavy atom. The molecule has 0 saturated carbocycles. The summed E-state index contributed by atoms with van der Waals surface area (Å²) in [7, 11) is -8.09. The first-order valence-electron chi connectivity index (χ1n) is 8.47. The first-order valence-corrected chi connectivity index (χ1v) is 20.6. The van der Waals surface area contributed by atoms with E-state index in [9.17, 15) is 4.79 Å². The molecule has 1 atom stereocenters. The van der Waals surface area contributed by atoms with E-state index in [-0.39, 0.29) is 35.7 Å². The highest BCUT2D eigenvalue weighted by Crippen LogP contribution is 2.27. The SMILES string of the molecule is C.C.C.C.C=CC(=O)OCCC[Si](C)(O[Si](C)(C)C)O[Si](C)(C)O[Si](C)(C)C. The van der Waals surface area contributed by atoms with Crippen LogP contribution in [0.25, 0.3) is 0 Å². The van der Waals surface area contributed by atoms with Gasteiger partial charge in [0, 0.05) is 6.08 Å². The Balaban J connectivity index is -0.000000441. The maximum Gasteiger partial charge on any atom is 0.330 e. The van der Waals surface area contributed by atoms with E-state index < -0.39 is 33.8 Å². The average Bonchev–Trinajstić information content (AvgIpc) is 2.27. The molecule has 9 heteroatoms. The zero-order chi connectivity index (χ0) is 19.2. The molecule has 174 valence electrons. The summed E-state index contributed by atoms with van der Waals surface area (Å²) in [6.45, 7) is 23.1. The van der Waals surface area contributed by atoms with Crippen molar-refractivity contribution >= 4 is 39.7 Å². The standard InChI is InChI=1S/C15H36O5Si4.4CH4/c1-11-15(16)17-13-12-14-24(10,19-22(5,6)7)20-23(8,9)18-21(2,3)4;;;;/h11H,1,12-14H2,2-10H3;4*1H4. The van der Waals surface area contributed by atoms with E-state index >= 15 is 0 Å². The number of esters is 1. The Morgan fingerprint density at radius 2 is 1.21 bits per heavy atom. The molecule has 0 N–H and O–H groups in total. The highest BCUT2D eigenvalue weighted by Gasteiger charge is 2.44. The predicted molar refractivity (Wildman–Crippen MR) is 137 cm³/mol. The van der Waals surface area contributed by atoms with E-state index in [1.54, 1.807) is 0 Å². The maximum absolute atomic E-state index is 11.2. The van der Waals surface area contributed by atoms with Crippen LogP contribution in [0.5, 0.6) is 0 Å². The third kappa shape index (κ3) is 20.7. The molecule has 0 aromatic carbocycles. The fraction of sp³-hybridized carbons (Fsp3) is 0.842. The van der Waals surface area contributed by atoms with Crippen molar-refractivity contribution in [2.24, 2.45) is 0 Å². The van der Waals surface area contributed by atoms with Crippen LogP contribution in [0.4, 0.5) is 0 Å². The number of rotatable bonds is 11. The quantitative estimate of drug-likeness (QED) is 0.138. The number of ether oxygens (including phenoxy) is 1. The topological polar surface area (TPSA) is 54.0 Å². The molecule has 0 aliphatic rings. The van der Waals surface area contributed by atoms with Crippen LogP contribution in [0.2, 0.25) is 65.0 Å². The molecule has 0 saturated heterocycles. The Morgan fingerprint density at radius 3 is 1.57 bits per heavy atom. The van der Waals surface area contributed by atoms with Gasteiger partial charge in [0.15, 0.2) is 16.6 Å². The van der Waals surface area contributed by atoms with E-state index in [1.807, 2.05) is 0 Å². The molecular formula is C19H52O5Si4. The van der Waals surface area contributed by atoms with Crippen LogP contribution < -0.4 is 0 Å². The van der Waals surface area contributed by atoms with E-state index in [2.05, 4.69) is 65.5 Å². The van der Waals surface area contributed by atoms with Crippen molar-refractivity contribution in [3.05, 3.63) is 12.7 Å². The first kappa shape index (κ1) is 38.5. The van der Waals surface area contributed by atoms with Gasteiger partial charge in [0.1, 0.15) is 0 Å². The van der Waals surface area contributed by atoms with E-state index in [4.69, 9.17) is 17.1 Å². The van der Waals surface area contributed by atoms with E-state index in [0.717, 1.165) is 12.5 Å². The molecule has 0 bridgehead atoms. The van der Waals surface area contributed by atoms with Crippen LogP contribution in [0.1, 0.15) is 36.1 Å². The summed E-state index contributed by atoms with van der Waals surface area (Å²) in [5, 5.41) is 0. The molecular weight excluding hydrogens is 421 g/mol. The van der Waals surface area contributed by atoms with Crippen LogP contribution >= 0.6 is 0 Å². The molecule has 0 radical (unpaired) electrons. The second-order valence-corrected chi connectivity index (χ2v) is 25.0. The average molecular weight is 473 g/mol. The second kappa shape index (κ2) is 14.9. The monoisotopic (exact) mass is 472 g/mol. The highest BCUT2D eigenvalue weighted by atomic mass is 28.5. The third-order valence-corrected chi connectivity index (χ3v) is 16.3. The van der Waals surface area contributed by atoms with Gasteiger partial charge < -0.3 is 17.1 Å². The van der Waals surface area contributed by atoms with Gasteiger partial charge in [-0.05, 0) is 71.4 Å². The van der Waals surface area contributed by atoms with Crippen molar-refractivity contribution in [1.29, 1.82) is 0 Å². The van der Waals surface area contributed by atoms with Crippen molar-refractivity contribution < 1.29 is 21.9 Å². The molecule has 0 rings (SSSR count). The van der Waals surface area contributed by atoms with Crippen molar-refractivity contribution in [1.82, 2.24) is 0 Å². The lowest BCUT2D eigenvalue weighted by Crippen LogP contribution is -2.56. The van der Waals surface area contributed by atoms with Crippen LogP contribution in [-0.4, -0.2) is 46.3 Å². The van der Waals surface area contributed by atoms with Crippen LogP contribution in [-0.2, 0) is 21.9 Å². The summed E-state index contributed by atoms with van der Waals surface area (Å²) in [5.41, 5.74) is 0. The molecule has 0 spiro atoms. The summed E-state index contributed by atoms with van der Waals surface area (Å²) >= 11 is 0. The third-order valence-electron chi connectivity index (χ3n) is 2.72. The molecule has 28 heavy (non-hydrogen) atoms. The Bertz CT molecular complexity index is 431. The number of hydrogen-bond donors (Lipinski definition) is 0. The minimum absolute atomic E-state index is 0. The van der Waals surface area contributed by atoms with Gasteiger partial charge in [-0.1, -0.05) is 36.3 Å². The second-order valence-electron chi connectivity index (χ2n) is 8.54.